The van der Waals surface area contributed by atoms with Crippen LogP contribution < -0.4 is 4.90 Å². The number of amides is 1. The number of fused-ring (bicyclic) bond motifs is 1. The second-order valence-electron chi connectivity index (χ2n) is 9.40. The number of aryl methyl sites for hydroxylation is 2. The van der Waals surface area contributed by atoms with Gasteiger partial charge in [-0.2, -0.15) is 0 Å². The zero-order chi connectivity index (χ0) is 24.6. The maximum absolute atomic E-state index is 13.7. The number of halogens is 1. The molecular weight excluding hydrogens is 490 g/mol. The number of aliphatic hydroxyl groups is 1. The quantitative estimate of drug-likeness (QED) is 0.365. The maximum atomic E-state index is 13.7. The van der Waals surface area contributed by atoms with E-state index in [-0.39, 0.29) is 12.2 Å². The number of carbonyl (C=O) groups is 2. The van der Waals surface area contributed by atoms with E-state index in [0.717, 1.165) is 27.6 Å². The van der Waals surface area contributed by atoms with Crippen molar-refractivity contribution >= 4 is 33.3 Å². The molecule has 0 saturated heterocycles. The van der Waals surface area contributed by atoms with E-state index in [1.54, 1.807) is 23.1 Å². The Morgan fingerprint density at radius 1 is 1.06 bits per heavy atom. The molecule has 4 rings (SSSR count). The second kappa shape index (κ2) is 9.47. The molecule has 4 nitrogen and oxygen atoms in total. The van der Waals surface area contributed by atoms with Crippen LogP contribution in [-0.4, -0.2) is 16.8 Å². The van der Waals surface area contributed by atoms with Gasteiger partial charge in [0, 0.05) is 15.6 Å². The lowest BCUT2D eigenvalue weighted by atomic mass is 9.88. The third-order valence-electron chi connectivity index (χ3n) is 6.76. The Labute approximate surface area is 209 Å². The number of ketones is 1. The first kappa shape index (κ1) is 24.4. The van der Waals surface area contributed by atoms with Gasteiger partial charge >= 0.3 is 0 Å². The number of hydrogen-bond acceptors (Lipinski definition) is 3. The van der Waals surface area contributed by atoms with Gasteiger partial charge in [0.2, 0.25) is 0 Å². The standard InChI is InChI=1S/C29H30BrNO3/c1-5-20-7-10-21(11-8-20)27(32)16-29(34)25-15-24(30)12-13-26(25)31(28(29)33)17-23-14-22(18(2)3)9-6-19(23)4/h6-15,18,34H,5,16-17H2,1-4H3/t29-/m1/s1. The van der Waals surface area contributed by atoms with Crippen molar-refractivity contribution in [2.24, 2.45) is 0 Å². The Morgan fingerprint density at radius 2 is 1.76 bits per heavy atom. The number of Topliss-reactive ketones (excluding diaryl/α,β-unsaturated/α-hetero) is 1. The first-order chi connectivity index (χ1) is 16.1. The molecule has 0 radical (unpaired) electrons. The van der Waals surface area contributed by atoms with Gasteiger partial charge in [-0.1, -0.05) is 79.2 Å². The van der Waals surface area contributed by atoms with Crippen LogP contribution in [0.5, 0.6) is 0 Å². The van der Waals surface area contributed by atoms with Gasteiger partial charge in [0.05, 0.1) is 18.7 Å². The van der Waals surface area contributed by atoms with E-state index < -0.39 is 11.5 Å². The largest absolute Gasteiger partial charge is 0.375 e. The first-order valence-corrected chi connectivity index (χ1v) is 12.5. The predicted molar refractivity (Wildman–Crippen MR) is 139 cm³/mol. The van der Waals surface area contributed by atoms with Gasteiger partial charge in [-0.25, -0.2) is 0 Å². The van der Waals surface area contributed by atoms with Crippen LogP contribution in [-0.2, 0) is 23.4 Å². The van der Waals surface area contributed by atoms with Gasteiger partial charge in [0.25, 0.3) is 5.91 Å². The highest BCUT2D eigenvalue weighted by atomic mass is 79.9. The van der Waals surface area contributed by atoms with Crippen molar-refractivity contribution in [1.29, 1.82) is 0 Å². The van der Waals surface area contributed by atoms with Crippen LogP contribution in [0, 0.1) is 6.92 Å². The Morgan fingerprint density at radius 3 is 2.41 bits per heavy atom. The molecule has 0 bridgehead atoms. The van der Waals surface area contributed by atoms with Crippen LogP contribution in [0.4, 0.5) is 5.69 Å². The lowest BCUT2D eigenvalue weighted by Crippen LogP contribution is -2.41. The molecule has 0 saturated carbocycles. The summed E-state index contributed by atoms with van der Waals surface area (Å²) < 4.78 is 0.747. The summed E-state index contributed by atoms with van der Waals surface area (Å²) >= 11 is 3.46. The van der Waals surface area contributed by atoms with Gasteiger partial charge in [0.1, 0.15) is 0 Å². The lowest BCUT2D eigenvalue weighted by Gasteiger charge is -2.24. The van der Waals surface area contributed by atoms with E-state index in [1.165, 1.54) is 5.56 Å². The molecule has 0 aliphatic carbocycles. The Kier molecular flexibility index (Phi) is 6.79. The summed E-state index contributed by atoms with van der Waals surface area (Å²) in [6.07, 6.45) is 0.576. The molecule has 3 aromatic rings. The third-order valence-corrected chi connectivity index (χ3v) is 7.26. The van der Waals surface area contributed by atoms with Gasteiger partial charge < -0.3 is 10.0 Å². The summed E-state index contributed by atoms with van der Waals surface area (Å²) in [4.78, 5) is 28.5. The van der Waals surface area contributed by atoms with Crippen molar-refractivity contribution in [1.82, 2.24) is 0 Å². The van der Waals surface area contributed by atoms with Crippen LogP contribution in [0.3, 0.4) is 0 Å². The molecule has 3 aromatic carbocycles. The van der Waals surface area contributed by atoms with E-state index in [0.29, 0.717) is 29.3 Å². The minimum absolute atomic E-state index is 0.260. The average Bonchev–Trinajstić information content (AvgIpc) is 3.01. The molecule has 0 fully saturated rings. The van der Waals surface area contributed by atoms with Crippen molar-refractivity contribution in [2.75, 3.05) is 4.90 Å². The highest BCUT2D eigenvalue weighted by molar-refractivity contribution is 9.10. The normalized spacial score (nSPS) is 17.4. The summed E-state index contributed by atoms with van der Waals surface area (Å²) in [7, 11) is 0. The molecule has 0 spiro atoms. The van der Waals surface area contributed by atoms with Crippen LogP contribution in [0.15, 0.2) is 65.1 Å². The van der Waals surface area contributed by atoms with Crippen LogP contribution in [0.1, 0.15) is 71.3 Å². The fourth-order valence-corrected chi connectivity index (χ4v) is 4.86. The molecule has 1 aliphatic heterocycles. The van der Waals surface area contributed by atoms with Crippen molar-refractivity contribution in [2.45, 2.75) is 58.6 Å². The van der Waals surface area contributed by atoms with Crippen LogP contribution in [0.2, 0.25) is 0 Å². The van der Waals surface area contributed by atoms with Crippen molar-refractivity contribution in [3.05, 3.63) is 98.5 Å². The van der Waals surface area contributed by atoms with E-state index >= 15 is 0 Å². The van der Waals surface area contributed by atoms with E-state index in [4.69, 9.17) is 0 Å². The van der Waals surface area contributed by atoms with Gasteiger partial charge in [-0.3, -0.25) is 9.59 Å². The van der Waals surface area contributed by atoms with Gasteiger partial charge in [-0.15, -0.1) is 0 Å². The van der Waals surface area contributed by atoms with E-state index in [1.807, 2.05) is 31.2 Å². The van der Waals surface area contributed by atoms with Gasteiger partial charge in [-0.05, 0) is 59.7 Å². The molecule has 1 N–H and O–H groups in total. The highest BCUT2D eigenvalue weighted by Crippen LogP contribution is 2.45. The van der Waals surface area contributed by atoms with Gasteiger partial charge in [0.15, 0.2) is 11.4 Å². The fourth-order valence-electron chi connectivity index (χ4n) is 4.50. The van der Waals surface area contributed by atoms with Crippen LogP contribution in [0.25, 0.3) is 0 Å². The van der Waals surface area contributed by atoms with Crippen molar-refractivity contribution < 1.29 is 14.7 Å². The topological polar surface area (TPSA) is 57.6 Å². The smallest absolute Gasteiger partial charge is 0.264 e. The summed E-state index contributed by atoms with van der Waals surface area (Å²) in [5.41, 5.74) is 4.12. The maximum Gasteiger partial charge on any atom is 0.264 e. The molecule has 176 valence electrons. The molecule has 5 heteroatoms. The predicted octanol–water partition coefficient (Wildman–Crippen LogP) is 6.45. The Balaban J connectivity index is 1.70. The SMILES string of the molecule is CCc1ccc(C(=O)C[C@]2(O)C(=O)N(Cc3cc(C(C)C)ccc3C)c3ccc(Br)cc32)cc1. The Hall–Kier alpha value is -2.76. The number of rotatable bonds is 7. The summed E-state index contributed by atoms with van der Waals surface area (Å²) in [5.74, 6) is -0.358. The fraction of sp³-hybridized carbons (Fsp3) is 0.310. The monoisotopic (exact) mass is 519 g/mol. The molecular formula is C29H30BrNO3. The molecule has 0 unspecified atom stereocenters. The second-order valence-corrected chi connectivity index (χ2v) is 10.3. The van der Waals surface area contributed by atoms with E-state index in [2.05, 4.69) is 54.9 Å². The molecule has 34 heavy (non-hydrogen) atoms. The zero-order valence-corrected chi connectivity index (χ0v) is 21.6. The average molecular weight is 520 g/mol. The summed E-state index contributed by atoms with van der Waals surface area (Å²) in [6, 6.07) is 19.1. The van der Waals surface area contributed by atoms with Crippen LogP contribution >= 0.6 is 15.9 Å². The number of hydrogen-bond donors (Lipinski definition) is 1. The summed E-state index contributed by atoms with van der Waals surface area (Å²) in [5, 5.41) is 11.7. The molecule has 1 amide bonds. The highest BCUT2D eigenvalue weighted by Gasteiger charge is 2.51. The molecule has 1 aliphatic rings. The first-order valence-electron chi connectivity index (χ1n) is 11.7. The molecule has 1 heterocycles. The number of benzene rings is 3. The number of carbonyl (C=O) groups excluding carboxylic acids is 2. The third kappa shape index (κ3) is 4.47. The molecule has 0 aromatic heterocycles. The number of nitrogens with zero attached hydrogens (tertiary/aromatic N) is 1. The molecule has 1 atom stereocenters. The number of anilines is 1. The van der Waals surface area contributed by atoms with Crippen molar-refractivity contribution in [3.8, 4) is 0 Å². The van der Waals surface area contributed by atoms with E-state index in [9.17, 15) is 14.7 Å². The zero-order valence-electron chi connectivity index (χ0n) is 20.1. The minimum atomic E-state index is -1.91. The Bertz CT molecular complexity index is 1250. The van der Waals surface area contributed by atoms with Crippen molar-refractivity contribution in [3.63, 3.8) is 0 Å². The lowest BCUT2D eigenvalue weighted by molar-refractivity contribution is -0.136. The summed E-state index contributed by atoms with van der Waals surface area (Å²) in [6.45, 7) is 8.69. The minimum Gasteiger partial charge on any atom is -0.375 e.